The molecule has 0 spiro atoms. The van der Waals surface area contributed by atoms with Gasteiger partial charge >= 0.3 is 29.6 Å². The summed E-state index contributed by atoms with van der Waals surface area (Å²) in [4.78, 5) is 0. The normalized spacial score (nSPS) is 34.7. The molecule has 0 radical (unpaired) electrons. The number of unbranched alkanes of at least 4 members (excludes halogenated alkanes) is 2. The summed E-state index contributed by atoms with van der Waals surface area (Å²) in [7, 11) is -9.21. The van der Waals surface area contributed by atoms with E-state index in [1.807, 2.05) is 13.8 Å². The quantitative estimate of drug-likeness (QED) is 0.137. The molecule has 8 unspecified atom stereocenters. The van der Waals surface area contributed by atoms with Gasteiger partial charge in [0.1, 0.15) is 21.7 Å². The van der Waals surface area contributed by atoms with E-state index in [4.69, 9.17) is 23.7 Å². The van der Waals surface area contributed by atoms with Gasteiger partial charge in [0.25, 0.3) is 20.2 Å². The van der Waals surface area contributed by atoms with E-state index in [9.17, 15) is 25.9 Å². The Kier molecular flexibility index (Phi) is 13.7. The van der Waals surface area contributed by atoms with Gasteiger partial charge in [-0.15, -0.1) is 0 Å². The van der Waals surface area contributed by atoms with Gasteiger partial charge in [-0.25, -0.2) is 0 Å². The van der Waals surface area contributed by atoms with Crippen molar-refractivity contribution in [3.63, 3.8) is 0 Å². The first-order chi connectivity index (χ1) is 20.3. The average Bonchev–Trinajstić information content (AvgIpc) is 2.84. The molecular formula is C30H55NaO11S2. The number of ether oxygens (including phenoxy) is 5. The van der Waals surface area contributed by atoms with Crippen molar-refractivity contribution in [2.24, 2.45) is 11.8 Å². The Morgan fingerprint density at radius 3 is 1.14 bits per heavy atom. The second kappa shape index (κ2) is 15.4. The summed E-state index contributed by atoms with van der Waals surface area (Å²) >= 11 is 0. The summed E-state index contributed by atoms with van der Waals surface area (Å²) in [5, 5.41) is -2.61. The van der Waals surface area contributed by atoms with Crippen LogP contribution in [0.25, 0.3) is 0 Å². The third-order valence-electron chi connectivity index (χ3n) is 10.8. The molecule has 4 saturated heterocycles. The summed E-state index contributed by atoms with van der Waals surface area (Å²) in [6.07, 6.45) is 8.42. The van der Waals surface area contributed by atoms with E-state index in [1.165, 1.54) is 0 Å². The predicted octanol–water partition coefficient (Wildman–Crippen LogP) is 4.63. The first-order valence-electron chi connectivity index (χ1n) is 16.5. The molecule has 4 heterocycles. The molecule has 0 bridgehead atoms. The standard InChI is InChI=1S/C30H54O11S2.Na.H/c1-5-9-11-23(7-3)21-25(42(31,32)33)27(13-17-37-27)29(15-19-39-29)41-30(16-20-40-30)28(14-18-38-28)26(43(34,35)36)22-24(8-4)12-10-6-2;;/h23-26H,5-22H2,1-4H3,(H,31,32,33)(H,34,35,36);;. The molecule has 4 aliphatic rings. The molecule has 8 atom stereocenters. The van der Waals surface area contributed by atoms with Gasteiger partial charge in [0.2, 0.25) is 11.6 Å². The van der Waals surface area contributed by atoms with Crippen LogP contribution in [-0.2, 0) is 43.9 Å². The monoisotopic (exact) mass is 678 g/mol. The van der Waals surface area contributed by atoms with Crippen molar-refractivity contribution < 1.29 is 49.6 Å². The van der Waals surface area contributed by atoms with E-state index in [0.29, 0.717) is 0 Å². The summed E-state index contributed by atoms with van der Waals surface area (Å²) in [5.74, 6) is -3.12. The Labute approximate surface area is 287 Å². The summed E-state index contributed by atoms with van der Waals surface area (Å²) in [6, 6.07) is 0. The molecule has 44 heavy (non-hydrogen) atoms. The van der Waals surface area contributed by atoms with Crippen molar-refractivity contribution in [3.8, 4) is 0 Å². The van der Waals surface area contributed by atoms with E-state index in [2.05, 4.69) is 13.8 Å². The SMILES string of the molecule is CCCCC(CC)CC(C1(C2(OC3(C4(C(CC(CC)CCCC)S(=O)(=O)O)CCO4)CCO3)CCO2)CCO1)S(=O)(=O)O.[NaH]. The van der Waals surface area contributed by atoms with Crippen molar-refractivity contribution in [3.05, 3.63) is 0 Å². The van der Waals surface area contributed by atoms with Crippen molar-refractivity contribution in [1.82, 2.24) is 0 Å². The third-order valence-corrected chi connectivity index (χ3v) is 13.3. The molecule has 0 aliphatic carbocycles. The number of rotatable bonds is 20. The van der Waals surface area contributed by atoms with Gasteiger partial charge in [-0.2, -0.15) is 16.8 Å². The molecule has 0 amide bonds. The molecule has 0 aromatic rings. The van der Waals surface area contributed by atoms with E-state index in [0.717, 1.165) is 51.4 Å². The predicted molar refractivity (Wildman–Crippen MR) is 168 cm³/mol. The van der Waals surface area contributed by atoms with Crippen LogP contribution in [0.1, 0.15) is 118 Å². The van der Waals surface area contributed by atoms with Crippen LogP contribution in [0.15, 0.2) is 0 Å². The van der Waals surface area contributed by atoms with Crippen LogP contribution >= 0.6 is 0 Å². The maximum atomic E-state index is 13.1. The summed E-state index contributed by atoms with van der Waals surface area (Å²) in [6.45, 7) is 9.27. The molecule has 0 saturated carbocycles. The van der Waals surface area contributed by atoms with Gasteiger partial charge in [-0.05, 0) is 24.7 Å². The fraction of sp³-hybridized carbons (Fsp3) is 1.00. The van der Waals surface area contributed by atoms with Crippen LogP contribution in [0.3, 0.4) is 0 Å². The Hall–Kier alpha value is 0.620. The van der Waals surface area contributed by atoms with Crippen molar-refractivity contribution in [2.75, 3.05) is 26.4 Å². The Morgan fingerprint density at radius 2 is 0.955 bits per heavy atom. The zero-order chi connectivity index (χ0) is 31.6. The summed E-state index contributed by atoms with van der Waals surface area (Å²) in [5.41, 5.74) is -3.01. The van der Waals surface area contributed by atoms with E-state index in [-0.39, 0.29) is 106 Å². The molecule has 0 aromatic heterocycles. The van der Waals surface area contributed by atoms with E-state index in [1.54, 1.807) is 0 Å². The van der Waals surface area contributed by atoms with Gasteiger partial charge in [-0.3, -0.25) is 9.11 Å². The van der Waals surface area contributed by atoms with Gasteiger partial charge in [0.15, 0.2) is 0 Å². The Bertz CT molecular complexity index is 1040. The molecule has 2 N–H and O–H groups in total. The van der Waals surface area contributed by atoms with Crippen LogP contribution in [-0.4, -0.2) is 115 Å². The van der Waals surface area contributed by atoms with Gasteiger partial charge in [0.05, 0.1) is 26.4 Å². The number of hydrogen-bond donors (Lipinski definition) is 2. The van der Waals surface area contributed by atoms with Gasteiger partial charge in [0, 0.05) is 25.7 Å². The zero-order valence-electron chi connectivity index (χ0n) is 26.4. The first-order valence-corrected chi connectivity index (χ1v) is 19.5. The number of hydrogen-bond acceptors (Lipinski definition) is 9. The molecule has 4 aliphatic heterocycles. The van der Waals surface area contributed by atoms with Crippen molar-refractivity contribution >= 4 is 49.8 Å². The third kappa shape index (κ3) is 7.29. The van der Waals surface area contributed by atoms with Gasteiger partial charge < -0.3 is 23.7 Å². The molecule has 254 valence electrons. The van der Waals surface area contributed by atoms with Crippen molar-refractivity contribution in [2.45, 2.75) is 151 Å². The molecule has 14 heteroatoms. The molecule has 0 aromatic carbocycles. The summed E-state index contributed by atoms with van der Waals surface area (Å²) < 4.78 is 105. The van der Waals surface area contributed by atoms with Crippen LogP contribution in [0, 0.1) is 11.8 Å². The van der Waals surface area contributed by atoms with Gasteiger partial charge in [-0.1, -0.05) is 79.1 Å². The minimum atomic E-state index is -4.61. The molecule has 4 rings (SSSR count). The topological polar surface area (TPSA) is 155 Å². The van der Waals surface area contributed by atoms with Crippen LogP contribution in [0.4, 0.5) is 0 Å². The Morgan fingerprint density at radius 1 is 0.636 bits per heavy atom. The molecule has 4 fully saturated rings. The maximum absolute atomic E-state index is 13.1. The first kappa shape index (κ1) is 39.1. The van der Waals surface area contributed by atoms with Crippen LogP contribution < -0.4 is 0 Å². The molecule has 11 nitrogen and oxygen atoms in total. The minimum absolute atomic E-state index is 0. The zero-order valence-corrected chi connectivity index (χ0v) is 28.1. The van der Waals surface area contributed by atoms with Crippen LogP contribution in [0.2, 0.25) is 0 Å². The van der Waals surface area contributed by atoms with Crippen molar-refractivity contribution in [1.29, 1.82) is 0 Å². The molecular weight excluding hydrogens is 623 g/mol. The second-order valence-corrected chi connectivity index (χ2v) is 16.3. The van der Waals surface area contributed by atoms with E-state index < -0.39 is 53.5 Å². The second-order valence-electron chi connectivity index (χ2n) is 13.1. The average molecular weight is 679 g/mol. The van der Waals surface area contributed by atoms with Crippen LogP contribution in [0.5, 0.6) is 0 Å². The fourth-order valence-corrected chi connectivity index (χ4v) is 10.5. The van der Waals surface area contributed by atoms with E-state index >= 15 is 0 Å². The Balaban J connectivity index is 0.00000529. The fourth-order valence-electron chi connectivity index (χ4n) is 7.76.